The predicted molar refractivity (Wildman–Crippen MR) is 231 cm³/mol. The number of carbonyl (C=O) groups excluding carboxylic acids is 2. The highest BCUT2D eigenvalue weighted by atomic mass is 16.5. The minimum Gasteiger partial charge on any atom is -0.465 e. The first-order valence-corrected chi connectivity index (χ1v) is 24.1. The maximum absolute atomic E-state index is 13.0. The molecule has 5 nitrogen and oxygen atoms in total. The summed E-state index contributed by atoms with van der Waals surface area (Å²) >= 11 is 0. The molecule has 5 heteroatoms. The monoisotopic (exact) mass is 750 g/mol. The van der Waals surface area contributed by atoms with Crippen molar-refractivity contribution in [2.45, 2.75) is 253 Å². The van der Waals surface area contributed by atoms with Crippen molar-refractivity contribution in [1.82, 2.24) is 4.90 Å². The number of unbranched alkanes of at least 4 members (excludes halogenated alkanes) is 23. The molecule has 53 heavy (non-hydrogen) atoms. The van der Waals surface area contributed by atoms with Gasteiger partial charge in [0.05, 0.1) is 25.0 Å². The van der Waals surface area contributed by atoms with Gasteiger partial charge in [-0.2, -0.15) is 0 Å². The molecule has 0 fully saturated rings. The van der Waals surface area contributed by atoms with Gasteiger partial charge in [0.2, 0.25) is 0 Å². The molecular formula is C48H95NO4. The highest BCUT2D eigenvalue weighted by Crippen LogP contribution is 2.22. The molecule has 0 aromatic heterocycles. The summed E-state index contributed by atoms with van der Waals surface area (Å²) in [6.45, 7) is 16.0. The predicted octanol–water partition coefficient (Wildman–Crippen LogP) is 15.0. The molecule has 0 bridgehead atoms. The molecule has 0 rings (SSSR count). The van der Waals surface area contributed by atoms with Crippen LogP contribution in [0.4, 0.5) is 0 Å². The van der Waals surface area contributed by atoms with Crippen LogP contribution in [0.15, 0.2) is 0 Å². The Balaban J connectivity index is 4.28. The third kappa shape index (κ3) is 35.1. The van der Waals surface area contributed by atoms with E-state index in [0.29, 0.717) is 13.2 Å². The standard InChI is InChI=1S/C48H95NO4/c1-6-11-16-20-22-30-38-45(36-28-18-13-8-3)47(50)52-43-34-26-24-32-41-49(40-15-10-5)42-33-25-27-35-44-53-48(51)46(37-29-19-14-9-4)39-31-23-21-17-12-7-2/h45-46H,6-44H2,1-5H3. The summed E-state index contributed by atoms with van der Waals surface area (Å²) in [6, 6.07) is 0. The minimum absolute atomic E-state index is 0.0736. The summed E-state index contributed by atoms with van der Waals surface area (Å²) in [5.74, 6) is 0.364. The third-order valence-corrected chi connectivity index (χ3v) is 11.3. The zero-order valence-electron chi connectivity index (χ0n) is 36.8. The van der Waals surface area contributed by atoms with Crippen LogP contribution >= 0.6 is 0 Å². The van der Waals surface area contributed by atoms with Crippen molar-refractivity contribution >= 4 is 11.9 Å². The van der Waals surface area contributed by atoms with Crippen molar-refractivity contribution < 1.29 is 19.1 Å². The van der Waals surface area contributed by atoms with Gasteiger partial charge < -0.3 is 14.4 Å². The number of esters is 2. The van der Waals surface area contributed by atoms with E-state index in [1.54, 1.807) is 0 Å². The Hall–Kier alpha value is -1.10. The molecule has 0 amide bonds. The molecule has 0 aliphatic rings. The zero-order valence-corrected chi connectivity index (χ0v) is 36.8. The normalized spacial score (nSPS) is 12.7. The molecular weight excluding hydrogens is 655 g/mol. The highest BCUT2D eigenvalue weighted by molar-refractivity contribution is 5.72. The van der Waals surface area contributed by atoms with Crippen LogP contribution in [0.3, 0.4) is 0 Å². The summed E-state index contributed by atoms with van der Waals surface area (Å²) < 4.78 is 11.7. The quantitative estimate of drug-likeness (QED) is 0.0459. The Bertz CT molecular complexity index is 700. The number of hydrogen-bond acceptors (Lipinski definition) is 5. The summed E-state index contributed by atoms with van der Waals surface area (Å²) in [6.07, 6.45) is 40.8. The van der Waals surface area contributed by atoms with Crippen LogP contribution < -0.4 is 0 Å². The summed E-state index contributed by atoms with van der Waals surface area (Å²) in [7, 11) is 0. The molecule has 0 aliphatic heterocycles. The Kier molecular flexibility index (Phi) is 41.2. The average Bonchev–Trinajstić information content (AvgIpc) is 3.16. The molecule has 0 saturated heterocycles. The van der Waals surface area contributed by atoms with E-state index in [9.17, 15) is 9.59 Å². The lowest BCUT2D eigenvalue weighted by atomic mass is 9.94. The van der Waals surface area contributed by atoms with Crippen LogP contribution in [-0.2, 0) is 19.1 Å². The molecule has 0 radical (unpaired) electrons. The van der Waals surface area contributed by atoms with E-state index in [-0.39, 0.29) is 23.8 Å². The first-order chi connectivity index (χ1) is 26.0. The van der Waals surface area contributed by atoms with Gasteiger partial charge in [-0.25, -0.2) is 0 Å². The van der Waals surface area contributed by atoms with E-state index < -0.39 is 0 Å². The lowest BCUT2D eigenvalue weighted by molar-refractivity contribution is -0.150. The Morgan fingerprint density at radius 3 is 0.962 bits per heavy atom. The first-order valence-electron chi connectivity index (χ1n) is 24.1. The summed E-state index contributed by atoms with van der Waals surface area (Å²) in [5, 5.41) is 0. The van der Waals surface area contributed by atoms with Crippen LogP contribution in [-0.4, -0.2) is 49.7 Å². The molecule has 0 aromatic rings. The van der Waals surface area contributed by atoms with Gasteiger partial charge in [-0.15, -0.1) is 0 Å². The van der Waals surface area contributed by atoms with Gasteiger partial charge in [0.25, 0.3) is 0 Å². The average molecular weight is 750 g/mol. The first kappa shape index (κ1) is 51.9. The maximum atomic E-state index is 13.0. The van der Waals surface area contributed by atoms with Crippen LogP contribution in [0.1, 0.15) is 253 Å². The fraction of sp³-hybridized carbons (Fsp3) is 0.958. The molecule has 0 aromatic carbocycles. The zero-order chi connectivity index (χ0) is 38.9. The van der Waals surface area contributed by atoms with Crippen molar-refractivity contribution in [3.05, 3.63) is 0 Å². The van der Waals surface area contributed by atoms with Crippen molar-refractivity contribution in [3.8, 4) is 0 Å². The van der Waals surface area contributed by atoms with E-state index in [4.69, 9.17) is 9.47 Å². The number of nitrogens with zero attached hydrogens (tertiary/aromatic N) is 1. The van der Waals surface area contributed by atoms with E-state index >= 15 is 0 Å². The highest BCUT2D eigenvalue weighted by Gasteiger charge is 2.20. The summed E-state index contributed by atoms with van der Waals surface area (Å²) in [5.41, 5.74) is 0. The van der Waals surface area contributed by atoms with E-state index in [0.717, 1.165) is 64.2 Å². The topological polar surface area (TPSA) is 55.8 Å². The van der Waals surface area contributed by atoms with Gasteiger partial charge >= 0.3 is 11.9 Å². The van der Waals surface area contributed by atoms with Crippen molar-refractivity contribution in [3.63, 3.8) is 0 Å². The van der Waals surface area contributed by atoms with Gasteiger partial charge in [0.15, 0.2) is 0 Å². The lowest BCUT2D eigenvalue weighted by Gasteiger charge is -2.22. The molecule has 0 heterocycles. The smallest absolute Gasteiger partial charge is 0.308 e. The van der Waals surface area contributed by atoms with Crippen molar-refractivity contribution in [2.24, 2.45) is 11.8 Å². The fourth-order valence-electron chi connectivity index (χ4n) is 7.62. The molecule has 0 spiro atoms. The lowest BCUT2D eigenvalue weighted by Crippen LogP contribution is -2.27. The molecule has 316 valence electrons. The van der Waals surface area contributed by atoms with Crippen LogP contribution in [0, 0.1) is 11.8 Å². The Morgan fingerprint density at radius 2 is 0.604 bits per heavy atom. The molecule has 2 unspecified atom stereocenters. The fourth-order valence-corrected chi connectivity index (χ4v) is 7.62. The third-order valence-electron chi connectivity index (χ3n) is 11.3. The number of ether oxygens (including phenoxy) is 2. The largest absolute Gasteiger partial charge is 0.465 e. The van der Waals surface area contributed by atoms with Gasteiger partial charge in [-0.1, -0.05) is 195 Å². The molecule has 2 atom stereocenters. The SMILES string of the molecule is CCCCCCCCC(CCCCCC)C(=O)OCCCCCCN(CCCC)CCCCCCOC(=O)C(CCCCCC)CCCCCCCC. The Labute approximate surface area is 332 Å². The van der Waals surface area contributed by atoms with E-state index in [1.165, 1.54) is 174 Å². The second kappa shape index (κ2) is 42.1. The number of hydrogen-bond donors (Lipinski definition) is 0. The van der Waals surface area contributed by atoms with Crippen LogP contribution in [0.25, 0.3) is 0 Å². The van der Waals surface area contributed by atoms with Gasteiger partial charge in [-0.05, 0) is 77.4 Å². The van der Waals surface area contributed by atoms with E-state index in [1.807, 2.05) is 0 Å². The van der Waals surface area contributed by atoms with E-state index in [2.05, 4.69) is 39.5 Å². The van der Waals surface area contributed by atoms with Gasteiger partial charge in [-0.3, -0.25) is 9.59 Å². The van der Waals surface area contributed by atoms with Crippen molar-refractivity contribution in [1.29, 1.82) is 0 Å². The summed E-state index contributed by atoms with van der Waals surface area (Å²) in [4.78, 5) is 28.6. The maximum Gasteiger partial charge on any atom is 0.308 e. The van der Waals surface area contributed by atoms with Crippen LogP contribution in [0.2, 0.25) is 0 Å². The second-order valence-electron chi connectivity index (χ2n) is 16.6. The second-order valence-corrected chi connectivity index (χ2v) is 16.6. The molecule has 0 saturated carbocycles. The minimum atomic E-state index is 0.0736. The van der Waals surface area contributed by atoms with Crippen LogP contribution in [0.5, 0.6) is 0 Å². The van der Waals surface area contributed by atoms with Gasteiger partial charge in [0, 0.05) is 0 Å². The molecule has 0 N–H and O–H groups in total. The Morgan fingerprint density at radius 1 is 0.340 bits per heavy atom. The number of rotatable bonds is 43. The molecule has 0 aliphatic carbocycles. The number of carbonyl (C=O) groups is 2. The van der Waals surface area contributed by atoms with Crippen molar-refractivity contribution in [2.75, 3.05) is 32.8 Å². The van der Waals surface area contributed by atoms with Gasteiger partial charge in [0.1, 0.15) is 0 Å².